The number of nitrogens with zero attached hydrogens (tertiary/aromatic N) is 3. The first-order valence-corrected chi connectivity index (χ1v) is 11.3. The molecule has 2 aliphatic rings. The van der Waals surface area contributed by atoms with Crippen LogP contribution in [0.25, 0.3) is 10.2 Å². The van der Waals surface area contributed by atoms with Crippen LogP contribution in [0, 0.1) is 5.82 Å². The Morgan fingerprint density at radius 2 is 2.09 bits per heavy atom. The summed E-state index contributed by atoms with van der Waals surface area (Å²) >= 11 is 1.16. The number of anilines is 3. The van der Waals surface area contributed by atoms with Crippen LogP contribution in [-0.4, -0.2) is 46.9 Å². The lowest BCUT2D eigenvalue weighted by molar-refractivity contribution is -0.127. The van der Waals surface area contributed by atoms with Crippen LogP contribution in [0.5, 0.6) is 0 Å². The topological polar surface area (TPSA) is 94.6 Å². The van der Waals surface area contributed by atoms with Crippen molar-refractivity contribution >= 4 is 56.5 Å². The Bertz CT molecular complexity index is 1310. The molecule has 4 heterocycles. The molecule has 0 saturated carbocycles. The third-order valence-electron chi connectivity index (χ3n) is 5.79. The quantitative estimate of drug-likeness (QED) is 0.569. The number of amides is 4. The molecule has 0 bridgehead atoms. The summed E-state index contributed by atoms with van der Waals surface area (Å²) in [5, 5.41) is 6.32. The van der Waals surface area contributed by atoms with Gasteiger partial charge in [-0.05, 0) is 37.1 Å². The Morgan fingerprint density at radius 3 is 2.88 bits per heavy atom. The Kier molecular flexibility index (Phi) is 5.29. The molecular weight excluding hydrogens is 445 g/mol. The molecule has 2 aromatic heterocycles. The Hall–Kier alpha value is -3.79. The highest BCUT2D eigenvalue weighted by molar-refractivity contribution is 7.21. The number of nitrogens with one attached hydrogen (secondary N) is 2. The van der Waals surface area contributed by atoms with Crippen molar-refractivity contribution in [2.45, 2.75) is 18.9 Å². The molecular formula is C23H20FN5O3S. The number of halogens is 1. The molecule has 3 aromatic rings. The highest BCUT2D eigenvalue weighted by atomic mass is 32.1. The molecule has 0 aliphatic carbocycles. The summed E-state index contributed by atoms with van der Waals surface area (Å²) in [7, 11) is 0. The summed E-state index contributed by atoms with van der Waals surface area (Å²) in [6.07, 6.45) is 4.31. The number of carbonyl (C=O) groups is 3. The fraction of sp³-hybridized carbons (Fsp3) is 0.217. The van der Waals surface area contributed by atoms with Crippen LogP contribution in [-0.2, 0) is 4.79 Å². The van der Waals surface area contributed by atoms with Gasteiger partial charge in [-0.1, -0.05) is 18.7 Å². The van der Waals surface area contributed by atoms with Crippen LogP contribution in [0.4, 0.5) is 26.2 Å². The third kappa shape index (κ3) is 3.62. The molecule has 4 amide bonds. The third-order valence-corrected chi connectivity index (χ3v) is 6.88. The number of rotatable bonds is 4. The van der Waals surface area contributed by atoms with E-state index in [1.807, 2.05) is 0 Å². The molecule has 2 aliphatic heterocycles. The largest absolute Gasteiger partial charge is 0.347 e. The zero-order valence-corrected chi connectivity index (χ0v) is 18.3. The molecule has 1 fully saturated rings. The van der Waals surface area contributed by atoms with Gasteiger partial charge in [0.1, 0.15) is 15.5 Å². The molecule has 2 N–H and O–H groups in total. The molecule has 0 unspecified atom stereocenters. The van der Waals surface area contributed by atoms with E-state index in [0.29, 0.717) is 39.6 Å². The monoisotopic (exact) mass is 465 g/mol. The van der Waals surface area contributed by atoms with E-state index in [4.69, 9.17) is 0 Å². The molecule has 0 spiro atoms. The number of benzene rings is 1. The number of para-hydroxylation sites is 1. The molecule has 1 atom stereocenters. The first-order valence-electron chi connectivity index (χ1n) is 10.5. The van der Waals surface area contributed by atoms with Gasteiger partial charge in [0.15, 0.2) is 0 Å². The number of carbonyl (C=O) groups excluding carboxylic acids is 3. The van der Waals surface area contributed by atoms with Crippen LogP contribution in [0.1, 0.15) is 22.5 Å². The summed E-state index contributed by atoms with van der Waals surface area (Å²) in [4.78, 5) is 46.3. The van der Waals surface area contributed by atoms with Gasteiger partial charge in [0, 0.05) is 25.3 Å². The predicted molar refractivity (Wildman–Crippen MR) is 124 cm³/mol. The predicted octanol–water partition coefficient (Wildman–Crippen LogP) is 4.03. The van der Waals surface area contributed by atoms with Crippen LogP contribution in [0.15, 0.2) is 49.2 Å². The minimum atomic E-state index is -0.562. The average molecular weight is 466 g/mol. The van der Waals surface area contributed by atoms with Crippen molar-refractivity contribution in [2.24, 2.45) is 0 Å². The maximum Gasteiger partial charge on any atom is 0.331 e. The lowest BCUT2D eigenvalue weighted by Crippen LogP contribution is -2.49. The Labute approximate surface area is 192 Å². The van der Waals surface area contributed by atoms with Gasteiger partial charge in [0.25, 0.3) is 5.91 Å². The fourth-order valence-corrected chi connectivity index (χ4v) is 5.31. The molecule has 1 aromatic carbocycles. The van der Waals surface area contributed by atoms with E-state index in [-0.39, 0.29) is 23.5 Å². The minimum absolute atomic E-state index is 0.111. The van der Waals surface area contributed by atoms with Gasteiger partial charge in [0.05, 0.1) is 22.4 Å². The van der Waals surface area contributed by atoms with Gasteiger partial charge in [-0.2, -0.15) is 0 Å². The Morgan fingerprint density at radius 1 is 1.27 bits per heavy atom. The van der Waals surface area contributed by atoms with Crippen molar-refractivity contribution in [1.82, 2.24) is 15.2 Å². The highest BCUT2D eigenvalue weighted by Gasteiger charge is 2.34. The first kappa shape index (κ1) is 21.1. The maximum absolute atomic E-state index is 14.5. The van der Waals surface area contributed by atoms with Gasteiger partial charge in [-0.25, -0.2) is 14.2 Å². The number of pyridine rings is 1. The number of likely N-dealkylation sites (tertiary alicyclic amines) is 1. The van der Waals surface area contributed by atoms with Crippen LogP contribution >= 0.6 is 11.3 Å². The molecule has 33 heavy (non-hydrogen) atoms. The number of thiophene rings is 1. The number of piperidine rings is 1. The highest BCUT2D eigenvalue weighted by Crippen LogP contribution is 2.46. The van der Waals surface area contributed by atoms with Crippen molar-refractivity contribution in [3.63, 3.8) is 0 Å². The van der Waals surface area contributed by atoms with Crippen molar-refractivity contribution in [1.29, 1.82) is 0 Å². The van der Waals surface area contributed by atoms with Crippen molar-refractivity contribution in [3.8, 4) is 0 Å². The van der Waals surface area contributed by atoms with Crippen LogP contribution in [0.2, 0.25) is 0 Å². The number of hydrogen-bond acceptors (Lipinski definition) is 5. The molecule has 168 valence electrons. The second-order valence-electron chi connectivity index (χ2n) is 7.83. The second kappa shape index (κ2) is 8.28. The second-order valence-corrected chi connectivity index (χ2v) is 8.83. The summed E-state index contributed by atoms with van der Waals surface area (Å²) in [5.41, 5.74) is 0.933. The van der Waals surface area contributed by atoms with Gasteiger partial charge < -0.3 is 15.5 Å². The Balaban J connectivity index is 1.49. The van der Waals surface area contributed by atoms with E-state index < -0.39 is 11.8 Å². The number of aromatic nitrogens is 1. The lowest BCUT2D eigenvalue weighted by atomic mass is 10.1. The van der Waals surface area contributed by atoms with E-state index in [0.717, 1.165) is 24.2 Å². The molecule has 10 heteroatoms. The van der Waals surface area contributed by atoms with E-state index in [1.54, 1.807) is 23.1 Å². The molecule has 8 nitrogen and oxygen atoms in total. The van der Waals surface area contributed by atoms with E-state index in [1.165, 1.54) is 29.3 Å². The van der Waals surface area contributed by atoms with Gasteiger partial charge in [-0.3, -0.25) is 14.5 Å². The fourth-order valence-electron chi connectivity index (χ4n) is 4.29. The summed E-state index contributed by atoms with van der Waals surface area (Å²) < 4.78 is 14.5. The number of urea groups is 1. The standard InChI is InChI=1S/C23H20FN5O3S/c1-2-17(30)28-11-5-6-13(12-28)26-21(31)20-19-18-16(9-10-25-22(18)33-20)29(23(32)27-19)15-8-4-3-7-14(15)24/h2-4,7-10,13H,1,5-6,11-12H2,(H,26,31)(H,27,32)/t13-/m1/s1. The average Bonchev–Trinajstić information content (AvgIpc) is 3.19. The van der Waals surface area contributed by atoms with E-state index >= 15 is 0 Å². The van der Waals surface area contributed by atoms with Crippen molar-refractivity contribution in [3.05, 3.63) is 59.9 Å². The number of hydrogen-bond donors (Lipinski definition) is 2. The smallest absolute Gasteiger partial charge is 0.331 e. The van der Waals surface area contributed by atoms with Gasteiger partial charge >= 0.3 is 6.03 Å². The van der Waals surface area contributed by atoms with Gasteiger partial charge in [0.2, 0.25) is 5.91 Å². The lowest BCUT2D eigenvalue weighted by Gasteiger charge is -2.32. The molecule has 5 rings (SSSR count). The minimum Gasteiger partial charge on any atom is -0.347 e. The normalized spacial score (nSPS) is 17.6. The molecule has 0 radical (unpaired) electrons. The zero-order chi connectivity index (χ0) is 23.1. The van der Waals surface area contributed by atoms with E-state index in [9.17, 15) is 18.8 Å². The summed E-state index contributed by atoms with van der Waals surface area (Å²) in [6.45, 7) is 4.54. The summed E-state index contributed by atoms with van der Waals surface area (Å²) in [5.74, 6) is -1.05. The van der Waals surface area contributed by atoms with Gasteiger partial charge in [-0.15, -0.1) is 11.3 Å². The van der Waals surface area contributed by atoms with Crippen molar-refractivity contribution < 1.29 is 18.8 Å². The SMILES string of the molecule is C=CC(=O)N1CCC[C@@H](NC(=O)c2sc3nccc4c3c2NC(=O)N4c2ccccc2F)C1. The van der Waals surface area contributed by atoms with E-state index in [2.05, 4.69) is 22.2 Å². The summed E-state index contributed by atoms with van der Waals surface area (Å²) in [6, 6.07) is 6.86. The van der Waals surface area contributed by atoms with Crippen LogP contribution < -0.4 is 15.5 Å². The first-order chi connectivity index (χ1) is 16.0. The van der Waals surface area contributed by atoms with Crippen LogP contribution in [0.3, 0.4) is 0 Å². The van der Waals surface area contributed by atoms with Crippen molar-refractivity contribution in [2.75, 3.05) is 23.3 Å². The maximum atomic E-state index is 14.5. The zero-order valence-electron chi connectivity index (χ0n) is 17.5. The molecule has 1 saturated heterocycles.